The van der Waals surface area contributed by atoms with Crippen LogP contribution in [0.3, 0.4) is 0 Å². The molecule has 0 atom stereocenters. The molecule has 6 nitrogen and oxygen atoms in total. The SMILES string of the molecule is COc1ccc(-n2nc(SCC(=O)Nc3ccc(C)cc3Cl)ccc2=O)cc1. The summed E-state index contributed by atoms with van der Waals surface area (Å²) in [5.41, 5.74) is 1.94. The van der Waals surface area contributed by atoms with E-state index in [9.17, 15) is 9.59 Å². The van der Waals surface area contributed by atoms with Crippen LogP contribution in [0.15, 0.2) is 64.4 Å². The third-order valence-corrected chi connectivity index (χ3v) is 5.08. The molecule has 0 aliphatic heterocycles. The van der Waals surface area contributed by atoms with E-state index in [2.05, 4.69) is 10.4 Å². The molecule has 0 saturated heterocycles. The lowest BCUT2D eigenvalue weighted by Gasteiger charge is -2.09. The van der Waals surface area contributed by atoms with E-state index in [0.29, 0.717) is 27.2 Å². The average molecular weight is 416 g/mol. The molecule has 1 aromatic heterocycles. The Labute approximate surface area is 171 Å². The summed E-state index contributed by atoms with van der Waals surface area (Å²) in [6.45, 7) is 1.93. The highest BCUT2D eigenvalue weighted by Gasteiger charge is 2.09. The molecule has 3 rings (SSSR count). The topological polar surface area (TPSA) is 73.2 Å². The minimum atomic E-state index is -0.259. The molecule has 0 fully saturated rings. The number of hydrogen-bond donors (Lipinski definition) is 1. The first-order valence-corrected chi connectivity index (χ1v) is 9.76. The summed E-state index contributed by atoms with van der Waals surface area (Å²) < 4.78 is 6.41. The lowest BCUT2D eigenvalue weighted by atomic mass is 10.2. The van der Waals surface area contributed by atoms with E-state index in [1.807, 2.05) is 13.0 Å². The highest BCUT2D eigenvalue weighted by molar-refractivity contribution is 7.99. The van der Waals surface area contributed by atoms with Crippen molar-refractivity contribution in [2.45, 2.75) is 11.9 Å². The molecule has 0 bridgehead atoms. The molecular formula is C20H18ClN3O3S. The van der Waals surface area contributed by atoms with Crippen LogP contribution in [-0.2, 0) is 4.79 Å². The number of rotatable bonds is 6. The Bertz CT molecular complexity index is 1050. The molecule has 8 heteroatoms. The summed E-state index contributed by atoms with van der Waals surface area (Å²) in [6.07, 6.45) is 0. The first-order chi connectivity index (χ1) is 13.5. The fourth-order valence-electron chi connectivity index (χ4n) is 2.43. The number of ether oxygens (including phenoxy) is 1. The molecule has 1 amide bonds. The molecule has 0 spiro atoms. The molecule has 1 heterocycles. The van der Waals surface area contributed by atoms with Crippen LogP contribution in [0.4, 0.5) is 5.69 Å². The number of aromatic nitrogens is 2. The van der Waals surface area contributed by atoms with Gasteiger partial charge in [0, 0.05) is 6.07 Å². The van der Waals surface area contributed by atoms with Gasteiger partial charge in [-0.05, 0) is 55.0 Å². The normalized spacial score (nSPS) is 10.5. The fourth-order valence-corrected chi connectivity index (χ4v) is 3.36. The van der Waals surface area contributed by atoms with Gasteiger partial charge in [-0.1, -0.05) is 29.4 Å². The Hall–Kier alpha value is -2.77. The second-order valence-electron chi connectivity index (χ2n) is 5.94. The van der Waals surface area contributed by atoms with Crippen LogP contribution < -0.4 is 15.6 Å². The number of carbonyl (C=O) groups excluding carboxylic acids is 1. The minimum absolute atomic E-state index is 0.137. The molecule has 2 aromatic carbocycles. The van der Waals surface area contributed by atoms with Gasteiger partial charge < -0.3 is 10.1 Å². The highest BCUT2D eigenvalue weighted by atomic mass is 35.5. The number of thioether (sulfide) groups is 1. The van der Waals surface area contributed by atoms with Gasteiger partial charge in [-0.15, -0.1) is 0 Å². The van der Waals surface area contributed by atoms with Crippen molar-refractivity contribution in [3.8, 4) is 11.4 Å². The molecule has 28 heavy (non-hydrogen) atoms. The number of carbonyl (C=O) groups is 1. The number of nitrogens with one attached hydrogen (secondary N) is 1. The van der Waals surface area contributed by atoms with Crippen molar-refractivity contribution in [3.05, 3.63) is 75.5 Å². The Balaban J connectivity index is 1.69. The predicted molar refractivity (Wildman–Crippen MR) is 112 cm³/mol. The van der Waals surface area contributed by atoms with E-state index < -0.39 is 0 Å². The van der Waals surface area contributed by atoms with Crippen molar-refractivity contribution in [3.63, 3.8) is 0 Å². The van der Waals surface area contributed by atoms with E-state index in [1.165, 1.54) is 22.5 Å². The molecule has 0 aliphatic rings. The number of anilines is 1. The zero-order chi connectivity index (χ0) is 20.1. The first kappa shape index (κ1) is 20.0. The first-order valence-electron chi connectivity index (χ1n) is 8.40. The van der Waals surface area contributed by atoms with Crippen molar-refractivity contribution < 1.29 is 9.53 Å². The zero-order valence-corrected chi connectivity index (χ0v) is 16.9. The second-order valence-corrected chi connectivity index (χ2v) is 7.34. The summed E-state index contributed by atoms with van der Waals surface area (Å²) in [5.74, 6) is 0.617. The third-order valence-electron chi connectivity index (χ3n) is 3.84. The Morgan fingerprint density at radius 1 is 1.18 bits per heavy atom. The lowest BCUT2D eigenvalue weighted by Crippen LogP contribution is -2.20. The quantitative estimate of drug-likeness (QED) is 0.617. The fraction of sp³-hybridized carbons (Fsp3) is 0.150. The van der Waals surface area contributed by atoms with Crippen LogP contribution in [0.2, 0.25) is 5.02 Å². The summed E-state index contributed by atoms with van der Waals surface area (Å²) >= 11 is 7.37. The maximum atomic E-state index is 12.2. The Kier molecular flexibility index (Phi) is 6.38. The molecule has 1 N–H and O–H groups in total. The largest absolute Gasteiger partial charge is 0.497 e. The summed E-state index contributed by atoms with van der Waals surface area (Å²) in [5, 5.41) is 8.15. The number of amides is 1. The van der Waals surface area contributed by atoms with Crippen molar-refractivity contribution in [2.24, 2.45) is 0 Å². The number of methoxy groups -OCH3 is 1. The molecule has 0 saturated carbocycles. The van der Waals surface area contributed by atoms with Crippen molar-refractivity contribution >= 4 is 35.0 Å². The standard InChI is InChI=1S/C20H18ClN3O3S/c1-13-3-8-17(16(21)11-13)22-18(25)12-28-19-9-10-20(26)24(23-19)14-4-6-15(27-2)7-5-14/h3-11H,12H2,1-2H3,(H,22,25). The predicted octanol–water partition coefficient (Wildman–Crippen LogP) is 3.93. The summed E-state index contributed by atoms with van der Waals surface area (Å²) in [7, 11) is 1.57. The van der Waals surface area contributed by atoms with E-state index >= 15 is 0 Å². The smallest absolute Gasteiger partial charge is 0.271 e. The van der Waals surface area contributed by atoms with Gasteiger partial charge in [0.15, 0.2) is 0 Å². The number of hydrogen-bond acceptors (Lipinski definition) is 5. The van der Waals surface area contributed by atoms with E-state index in [-0.39, 0.29) is 17.2 Å². The van der Waals surface area contributed by atoms with Gasteiger partial charge in [0.25, 0.3) is 5.56 Å². The van der Waals surface area contributed by atoms with Gasteiger partial charge >= 0.3 is 0 Å². The maximum Gasteiger partial charge on any atom is 0.271 e. The Morgan fingerprint density at radius 2 is 1.93 bits per heavy atom. The monoisotopic (exact) mass is 415 g/mol. The number of aryl methyl sites for hydroxylation is 1. The highest BCUT2D eigenvalue weighted by Crippen LogP contribution is 2.23. The molecule has 144 valence electrons. The molecule has 0 unspecified atom stereocenters. The van der Waals surface area contributed by atoms with Crippen LogP contribution in [0.1, 0.15) is 5.56 Å². The molecule has 0 aliphatic carbocycles. The van der Waals surface area contributed by atoms with Crippen LogP contribution in [0, 0.1) is 6.92 Å². The summed E-state index contributed by atoms with van der Waals surface area (Å²) in [4.78, 5) is 24.4. The summed E-state index contributed by atoms with van der Waals surface area (Å²) in [6, 6.07) is 15.4. The zero-order valence-electron chi connectivity index (χ0n) is 15.3. The van der Waals surface area contributed by atoms with Gasteiger partial charge in [0.05, 0.1) is 29.3 Å². The van der Waals surface area contributed by atoms with Crippen molar-refractivity contribution in [1.82, 2.24) is 9.78 Å². The number of benzene rings is 2. The van der Waals surface area contributed by atoms with Crippen LogP contribution in [0.25, 0.3) is 5.69 Å². The lowest BCUT2D eigenvalue weighted by molar-refractivity contribution is -0.113. The van der Waals surface area contributed by atoms with Crippen LogP contribution in [0.5, 0.6) is 5.75 Å². The Morgan fingerprint density at radius 3 is 2.61 bits per heavy atom. The van der Waals surface area contributed by atoms with Crippen molar-refractivity contribution in [2.75, 3.05) is 18.2 Å². The second kappa shape index (κ2) is 8.95. The third kappa shape index (κ3) is 4.94. The van der Waals surface area contributed by atoms with Gasteiger partial charge in [-0.25, -0.2) is 0 Å². The van der Waals surface area contributed by atoms with E-state index in [0.717, 1.165) is 5.56 Å². The minimum Gasteiger partial charge on any atom is -0.497 e. The maximum absolute atomic E-state index is 12.2. The van der Waals surface area contributed by atoms with Crippen LogP contribution in [-0.4, -0.2) is 28.6 Å². The van der Waals surface area contributed by atoms with Crippen molar-refractivity contribution in [1.29, 1.82) is 0 Å². The van der Waals surface area contributed by atoms with Gasteiger partial charge in [-0.3, -0.25) is 9.59 Å². The van der Waals surface area contributed by atoms with Gasteiger partial charge in [0.2, 0.25) is 5.91 Å². The van der Waals surface area contributed by atoms with E-state index in [4.69, 9.17) is 16.3 Å². The molecular weight excluding hydrogens is 398 g/mol. The van der Waals surface area contributed by atoms with Crippen LogP contribution >= 0.6 is 23.4 Å². The van der Waals surface area contributed by atoms with Gasteiger partial charge in [0.1, 0.15) is 10.8 Å². The molecule has 0 radical (unpaired) electrons. The van der Waals surface area contributed by atoms with E-state index in [1.54, 1.807) is 49.6 Å². The van der Waals surface area contributed by atoms with Gasteiger partial charge in [-0.2, -0.15) is 9.78 Å². The number of nitrogens with zero attached hydrogens (tertiary/aromatic N) is 2. The average Bonchev–Trinajstić information content (AvgIpc) is 2.69. The molecule has 3 aromatic rings. The number of halogens is 1.